The van der Waals surface area contributed by atoms with Gasteiger partial charge in [-0.2, -0.15) is 0 Å². The second-order valence-electron chi connectivity index (χ2n) is 5.46. The molecule has 0 heterocycles. The van der Waals surface area contributed by atoms with Gasteiger partial charge in [0.25, 0.3) is 5.69 Å². The Labute approximate surface area is 139 Å². The minimum atomic E-state index is -0.408. The van der Waals surface area contributed by atoms with Gasteiger partial charge in [-0.1, -0.05) is 60.7 Å². The lowest BCUT2D eigenvalue weighted by atomic mass is 9.97. The zero-order valence-electron chi connectivity index (χ0n) is 12.9. The third-order valence-corrected chi connectivity index (χ3v) is 3.81. The normalized spacial score (nSPS) is 10.3. The molecular formula is C20H15NO3. The lowest BCUT2D eigenvalue weighted by molar-refractivity contribution is -0.385. The first-order valence-electron chi connectivity index (χ1n) is 7.56. The van der Waals surface area contributed by atoms with Gasteiger partial charge < -0.3 is 0 Å². The summed E-state index contributed by atoms with van der Waals surface area (Å²) in [5.41, 5.74) is 2.55. The van der Waals surface area contributed by atoms with Crippen molar-refractivity contribution >= 4 is 11.5 Å². The van der Waals surface area contributed by atoms with Crippen LogP contribution in [-0.2, 0) is 6.42 Å². The van der Waals surface area contributed by atoms with Crippen LogP contribution in [-0.4, -0.2) is 10.7 Å². The Bertz CT molecular complexity index is 874. The molecule has 3 aromatic carbocycles. The molecular weight excluding hydrogens is 302 g/mol. The first-order valence-corrected chi connectivity index (χ1v) is 7.56. The van der Waals surface area contributed by atoms with E-state index in [2.05, 4.69) is 0 Å². The summed E-state index contributed by atoms with van der Waals surface area (Å²) in [6.45, 7) is 0. The Morgan fingerprint density at radius 1 is 0.833 bits per heavy atom. The molecule has 0 amide bonds. The first-order chi connectivity index (χ1) is 11.6. The molecule has 0 saturated heterocycles. The van der Waals surface area contributed by atoms with Crippen LogP contribution in [0.5, 0.6) is 0 Å². The fraction of sp³-hybridized carbons (Fsp3) is 0.0500. The number of hydrogen-bond acceptors (Lipinski definition) is 3. The van der Waals surface area contributed by atoms with Crippen LogP contribution in [0.3, 0.4) is 0 Å². The lowest BCUT2D eigenvalue weighted by Gasteiger charge is -2.07. The highest BCUT2D eigenvalue weighted by molar-refractivity contribution is 6.09. The van der Waals surface area contributed by atoms with Crippen LogP contribution in [0, 0.1) is 10.1 Å². The molecule has 3 rings (SSSR count). The van der Waals surface area contributed by atoms with Gasteiger partial charge in [-0.15, -0.1) is 0 Å². The van der Waals surface area contributed by atoms with E-state index in [9.17, 15) is 14.9 Å². The van der Waals surface area contributed by atoms with E-state index in [1.807, 2.05) is 36.4 Å². The highest BCUT2D eigenvalue weighted by atomic mass is 16.6. The van der Waals surface area contributed by atoms with E-state index in [1.165, 1.54) is 12.1 Å². The fourth-order valence-corrected chi connectivity index (χ4v) is 2.62. The zero-order valence-corrected chi connectivity index (χ0v) is 12.9. The van der Waals surface area contributed by atoms with Gasteiger partial charge >= 0.3 is 0 Å². The summed E-state index contributed by atoms with van der Waals surface area (Å²) >= 11 is 0. The molecule has 0 atom stereocenters. The van der Waals surface area contributed by atoms with Crippen molar-refractivity contribution < 1.29 is 9.72 Å². The number of carbonyl (C=O) groups excluding carboxylic acids is 1. The molecule has 3 aromatic rings. The Kier molecular flexibility index (Phi) is 4.47. The minimum absolute atomic E-state index is 0.0310. The molecule has 0 bridgehead atoms. The highest BCUT2D eigenvalue weighted by Gasteiger charge is 2.17. The van der Waals surface area contributed by atoms with Crippen molar-refractivity contribution in [1.82, 2.24) is 0 Å². The SMILES string of the molecule is O=C(c1ccccc1)c1ccc([N+](=O)[O-])c(Cc2ccccc2)c1. The number of hydrogen-bond donors (Lipinski definition) is 0. The van der Waals surface area contributed by atoms with Crippen molar-refractivity contribution in [2.24, 2.45) is 0 Å². The molecule has 24 heavy (non-hydrogen) atoms. The van der Waals surface area contributed by atoms with Crippen LogP contribution in [0.2, 0.25) is 0 Å². The number of benzene rings is 3. The molecule has 118 valence electrons. The minimum Gasteiger partial charge on any atom is -0.289 e. The molecule has 0 radical (unpaired) electrons. The number of nitrogens with zero attached hydrogens (tertiary/aromatic N) is 1. The maximum absolute atomic E-state index is 12.6. The summed E-state index contributed by atoms with van der Waals surface area (Å²) in [5.74, 6) is -0.139. The monoisotopic (exact) mass is 317 g/mol. The smallest absolute Gasteiger partial charge is 0.272 e. The zero-order chi connectivity index (χ0) is 16.9. The topological polar surface area (TPSA) is 60.2 Å². The average molecular weight is 317 g/mol. The van der Waals surface area contributed by atoms with Crippen LogP contribution in [0.25, 0.3) is 0 Å². The summed E-state index contributed by atoms with van der Waals surface area (Å²) in [7, 11) is 0. The number of nitro benzene ring substituents is 1. The Hall–Kier alpha value is -3.27. The first kappa shape index (κ1) is 15.6. The number of rotatable bonds is 5. The number of carbonyl (C=O) groups is 1. The van der Waals surface area contributed by atoms with E-state index in [4.69, 9.17) is 0 Å². The van der Waals surface area contributed by atoms with E-state index in [-0.39, 0.29) is 11.5 Å². The van der Waals surface area contributed by atoms with Crippen molar-refractivity contribution in [3.05, 3.63) is 111 Å². The Morgan fingerprint density at radius 2 is 1.46 bits per heavy atom. The molecule has 0 aliphatic rings. The van der Waals surface area contributed by atoms with Crippen molar-refractivity contribution in [3.8, 4) is 0 Å². The van der Waals surface area contributed by atoms with Gasteiger partial charge in [-0.05, 0) is 17.7 Å². The van der Waals surface area contributed by atoms with Crippen molar-refractivity contribution in [2.45, 2.75) is 6.42 Å². The predicted octanol–water partition coefficient (Wildman–Crippen LogP) is 4.42. The van der Waals surface area contributed by atoms with Crippen molar-refractivity contribution in [3.63, 3.8) is 0 Å². The fourth-order valence-electron chi connectivity index (χ4n) is 2.62. The summed E-state index contributed by atoms with van der Waals surface area (Å²) in [4.78, 5) is 23.4. The quantitative estimate of drug-likeness (QED) is 0.398. The summed E-state index contributed by atoms with van der Waals surface area (Å²) < 4.78 is 0. The molecule has 0 aromatic heterocycles. The second-order valence-corrected chi connectivity index (χ2v) is 5.46. The molecule has 4 heteroatoms. The van der Waals surface area contributed by atoms with E-state index < -0.39 is 4.92 Å². The van der Waals surface area contributed by atoms with Crippen LogP contribution < -0.4 is 0 Å². The van der Waals surface area contributed by atoms with Gasteiger partial charge in [0.15, 0.2) is 5.78 Å². The highest BCUT2D eigenvalue weighted by Crippen LogP contribution is 2.24. The Morgan fingerprint density at radius 3 is 2.08 bits per heavy atom. The summed E-state index contributed by atoms with van der Waals surface area (Å²) in [6, 6.07) is 23.0. The third-order valence-electron chi connectivity index (χ3n) is 3.81. The molecule has 0 saturated carbocycles. The maximum atomic E-state index is 12.6. The predicted molar refractivity (Wildman–Crippen MR) is 92.2 cm³/mol. The molecule has 0 aliphatic heterocycles. The van der Waals surface area contributed by atoms with Crippen molar-refractivity contribution in [1.29, 1.82) is 0 Å². The summed E-state index contributed by atoms with van der Waals surface area (Å²) in [5, 5.41) is 11.3. The van der Waals surface area contributed by atoms with E-state index in [1.54, 1.807) is 30.3 Å². The molecule has 0 N–H and O–H groups in total. The molecule has 4 nitrogen and oxygen atoms in total. The molecule has 0 unspecified atom stereocenters. The van der Waals surface area contributed by atoms with Crippen molar-refractivity contribution in [2.75, 3.05) is 0 Å². The Balaban J connectivity index is 2.00. The van der Waals surface area contributed by atoms with Gasteiger partial charge in [-0.3, -0.25) is 14.9 Å². The van der Waals surface area contributed by atoms with E-state index in [0.717, 1.165) is 5.56 Å². The van der Waals surface area contributed by atoms with E-state index in [0.29, 0.717) is 23.1 Å². The average Bonchev–Trinajstić information content (AvgIpc) is 2.62. The van der Waals surface area contributed by atoms with Gasteiger partial charge in [0, 0.05) is 29.2 Å². The van der Waals surface area contributed by atoms with Crippen LogP contribution in [0.4, 0.5) is 5.69 Å². The maximum Gasteiger partial charge on any atom is 0.272 e. The lowest BCUT2D eigenvalue weighted by Crippen LogP contribution is -2.04. The molecule has 0 aliphatic carbocycles. The van der Waals surface area contributed by atoms with E-state index >= 15 is 0 Å². The van der Waals surface area contributed by atoms with Crippen LogP contribution in [0.1, 0.15) is 27.0 Å². The second kappa shape index (κ2) is 6.87. The van der Waals surface area contributed by atoms with Gasteiger partial charge in [0.2, 0.25) is 0 Å². The molecule has 0 fully saturated rings. The van der Waals surface area contributed by atoms with Crippen LogP contribution >= 0.6 is 0 Å². The molecule has 0 spiro atoms. The summed E-state index contributed by atoms with van der Waals surface area (Å²) in [6.07, 6.45) is 0.410. The third kappa shape index (κ3) is 3.38. The number of nitro groups is 1. The van der Waals surface area contributed by atoms with Gasteiger partial charge in [0.05, 0.1) is 4.92 Å². The largest absolute Gasteiger partial charge is 0.289 e. The van der Waals surface area contributed by atoms with Crippen LogP contribution in [0.15, 0.2) is 78.9 Å². The van der Waals surface area contributed by atoms with Gasteiger partial charge in [-0.25, -0.2) is 0 Å². The standard InChI is InChI=1S/C20H15NO3/c22-20(16-9-5-2-6-10-16)17-11-12-19(21(23)24)18(14-17)13-15-7-3-1-4-8-15/h1-12,14H,13H2. The van der Waals surface area contributed by atoms with Gasteiger partial charge in [0.1, 0.15) is 0 Å². The number of ketones is 1.